The van der Waals surface area contributed by atoms with Crippen LogP contribution in [0.15, 0.2) is 18.2 Å². The summed E-state index contributed by atoms with van der Waals surface area (Å²) in [6, 6.07) is 5.05. The molecule has 1 saturated carbocycles. The van der Waals surface area contributed by atoms with E-state index in [1.807, 2.05) is 11.8 Å². The minimum absolute atomic E-state index is 0.0544. The largest absolute Gasteiger partial charge is 0.375 e. The van der Waals surface area contributed by atoms with Crippen LogP contribution in [0.25, 0.3) is 0 Å². The Labute approximate surface area is 122 Å². The highest BCUT2D eigenvalue weighted by molar-refractivity contribution is 7.99. The highest BCUT2D eigenvalue weighted by Gasteiger charge is 2.24. The highest BCUT2D eigenvalue weighted by atomic mass is 35.5. The van der Waals surface area contributed by atoms with Crippen molar-refractivity contribution in [2.24, 2.45) is 0 Å². The van der Waals surface area contributed by atoms with E-state index in [0.29, 0.717) is 16.0 Å². The molecule has 4 nitrogen and oxygen atoms in total. The second kappa shape index (κ2) is 6.48. The minimum atomic E-state index is -0.386. The van der Waals surface area contributed by atoms with Gasteiger partial charge in [-0.25, -0.2) is 0 Å². The van der Waals surface area contributed by atoms with Gasteiger partial charge in [0.15, 0.2) is 0 Å². The molecule has 6 heteroatoms. The topological polar surface area (TPSA) is 55.2 Å². The van der Waals surface area contributed by atoms with Gasteiger partial charge in [-0.1, -0.05) is 24.1 Å². The fourth-order valence-corrected chi connectivity index (χ4v) is 3.55. The molecule has 2 atom stereocenters. The normalized spacial score (nSPS) is 23.1. The first-order valence-corrected chi connectivity index (χ1v) is 8.00. The molecule has 2 unspecified atom stereocenters. The van der Waals surface area contributed by atoms with Gasteiger partial charge in [0.05, 0.1) is 9.95 Å². The van der Waals surface area contributed by atoms with E-state index in [-0.39, 0.29) is 16.7 Å². The van der Waals surface area contributed by atoms with Crippen molar-refractivity contribution < 1.29 is 4.92 Å². The molecule has 2 rings (SSSR count). The van der Waals surface area contributed by atoms with Crippen molar-refractivity contribution in [3.8, 4) is 0 Å². The molecule has 0 aliphatic heterocycles. The molecule has 1 aliphatic carbocycles. The molecule has 0 radical (unpaired) electrons. The number of halogens is 1. The van der Waals surface area contributed by atoms with Crippen LogP contribution in [0.2, 0.25) is 5.02 Å². The Hall–Kier alpha value is -0.940. The number of nitrogens with one attached hydrogen (secondary N) is 1. The lowest BCUT2D eigenvalue weighted by Gasteiger charge is -2.29. The minimum Gasteiger partial charge on any atom is -0.375 e. The molecule has 1 fully saturated rings. The number of nitrogens with zero attached hydrogens (tertiary/aromatic N) is 1. The Morgan fingerprint density at radius 2 is 2.26 bits per heavy atom. The predicted octanol–water partition coefficient (Wildman–Crippen LogP) is 4.33. The summed E-state index contributed by atoms with van der Waals surface area (Å²) < 4.78 is 0. The number of nitro groups is 1. The van der Waals surface area contributed by atoms with Gasteiger partial charge in [-0.2, -0.15) is 11.8 Å². The standard InChI is InChI=1S/C13H17ClN2O2S/c1-19-10-5-2-4-9(8-10)15-13-11(14)6-3-7-12(13)16(17)18/h3,6-7,9-10,15H,2,4-5,8H2,1H3. The van der Waals surface area contributed by atoms with Crippen LogP contribution in [0.4, 0.5) is 11.4 Å². The van der Waals surface area contributed by atoms with E-state index >= 15 is 0 Å². The van der Waals surface area contributed by atoms with Crippen molar-refractivity contribution in [3.05, 3.63) is 33.3 Å². The number of nitro benzene ring substituents is 1. The Morgan fingerprint density at radius 3 is 2.95 bits per heavy atom. The lowest BCUT2D eigenvalue weighted by atomic mass is 9.94. The van der Waals surface area contributed by atoms with Crippen molar-refractivity contribution in [2.45, 2.75) is 37.0 Å². The molecule has 19 heavy (non-hydrogen) atoms. The average molecular weight is 301 g/mol. The molecular formula is C13H17ClN2O2S. The van der Waals surface area contributed by atoms with Gasteiger partial charge < -0.3 is 5.32 Å². The van der Waals surface area contributed by atoms with Gasteiger partial charge in [-0.3, -0.25) is 10.1 Å². The smallest absolute Gasteiger partial charge is 0.293 e. The Bertz CT molecular complexity index is 470. The molecule has 0 saturated heterocycles. The second-order valence-electron chi connectivity index (χ2n) is 4.76. The molecule has 0 aromatic heterocycles. The van der Waals surface area contributed by atoms with Crippen LogP contribution in [-0.4, -0.2) is 22.5 Å². The number of hydrogen-bond donors (Lipinski definition) is 1. The van der Waals surface area contributed by atoms with Crippen LogP contribution in [0.3, 0.4) is 0 Å². The van der Waals surface area contributed by atoms with Crippen molar-refractivity contribution >= 4 is 34.7 Å². The average Bonchev–Trinajstić information content (AvgIpc) is 2.41. The number of hydrogen-bond acceptors (Lipinski definition) is 4. The van der Waals surface area contributed by atoms with Gasteiger partial charge in [-0.15, -0.1) is 0 Å². The number of rotatable bonds is 4. The van der Waals surface area contributed by atoms with Crippen LogP contribution in [0.5, 0.6) is 0 Å². The van der Waals surface area contributed by atoms with Crippen molar-refractivity contribution in [2.75, 3.05) is 11.6 Å². The molecule has 1 aliphatic rings. The van der Waals surface area contributed by atoms with E-state index in [4.69, 9.17) is 11.6 Å². The number of benzene rings is 1. The summed E-state index contributed by atoms with van der Waals surface area (Å²) >= 11 is 7.96. The summed E-state index contributed by atoms with van der Waals surface area (Å²) in [5.41, 5.74) is 0.514. The molecule has 1 aromatic rings. The molecule has 0 heterocycles. The Kier molecular flexibility index (Phi) is 4.93. The third kappa shape index (κ3) is 3.54. The molecule has 0 bridgehead atoms. The summed E-state index contributed by atoms with van der Waals surface area (Å²) in [5, 5.41) is 15.4. The van der Waals surface area contributed by atoms with Gasteiger partial charge in [-0.05, 0) is 31.6 Å². The summed E-state index contributed by atoms with van der Waals surface area (Å²) in [4.78, 5) is 10.7. The maximum atomic E-state index is 11.0. The van der Waals surface area contributed by atoms with Gasteiger partial charge in [0.2, 0.25) is 0 Å². The molecule has 0 amide bonds. The maximum absolute atomic E-state index is 11.0. The zero-order valence-corrected chi connectivity index (χ0v) is 12.3. The van der Waals surface area contributed by atoms with Crippen LogP contribution in [-0.2, 0) is 0 Å². The zero-order valence-electron chi connectivity index (χ0n) is 10.8. The molecular weight excluding hydrogens is 284 g/mol. The quantitative estimate of drug-likeness (QED) is 0.664. The molecule has 1 aromatic carbocycles. The summed E-state index contributed by atoms with van der Waals surface area (Å²) in [6.07, 6.45) is 6.57. The second-order valence-corrected chi connectivity index (χ2v) is 6.30. The highest BCUT2D eigenvalue weighted by Crippen LogP contribution is 2.35. The predicted molar refractivity (Wildman–Crippen MR) is 81.3 cm³/mol. The SMILES string of the molecule is CSC1CCCC(Nc2c(Cl)cccc2[N+](=O)[O-])C1. The zero-order chi connectivity index (χ0) is 13.8. The van der Waals surface area contributed by atoms with Crippen LogP contribution >= 0.6 is 23.4 Å². The van der Waals surface area contributed by atoms with E-state index in [0.717, 1.165) is 19.3 Å². The Morgan fingerprint density at radius 1 is 1.47 bits per heavy atom. The van der Waals surface area contributed by atoms with Crippen LogP contribution in [0, 0.1) is 10.1 Å². The fourth-order valence-electron chi connectivity index (χ4n) is 2.50. The Balaban J connectivity index is 2.16. The summed E-state index contributed by atoms with van der Waals surface area (Å²) in [6.45, 7) is 0. The first-order valence-electron chi connectivity index (χ1n) is 6.34. The maximum Gasteiger partial charge on any atom is 0.293 e. The first kappa shape index (κ1) is 14.5. The lowest BCUT2D eigenvalue weighted by molar-refractivity contribution is -0.384. The van der Waals surface area contributed by atoms with Gasteiger partial charge in [0.25, 0.3) is 5.69 Å². The summed E-state index contributed by atoms with van der Waals surface area (Å²) in [7, 11) is 0. The monoisotopic (exact) mass is 300 g/mol. The van der Waals surface area contributed by atoms with Crippen molar-refractivity contribution in [1.29, 1.82) is 0 Å². The van der Waals surface area contributed by atoms with E-state index in [9.17, 15) is 10.1 Å². The molecule has 1 N–H and O–H groups in total. The van der Waals surface area contributed by atoms with Gasteiger partial charge >= 0.3 is 0 Å². The van der Waals surface area contributed by atoms with Gasteiger partial charge in [0, 0.05) is 17.4 Å². The molecule has 104 valence electrons. The fraction of sp³-hybridized carbons (Fsp3) is 0.538. The van der Waals surface area contributed by atoms with E-state index < -0.39 is 0 Å². The summed E-state index contributed by atoms with van der Waals surface area (Å²) in [5.74, 6) is 0. The number of anilines is 1. The van der Waals surface area contributed by atoms with Gasteiger partial charge in [0.1, 0.15) is 5.69 Å². The number of para-hydroxylation sites is 1. The third-order valence-electron chi connectivity index (χ3n) is 3.50. The van der Waals surface area contributed by atoms with E-state index in [1.54, 1.807) is 12.1 Å². The van der Waals surface area contributed by atoms with E-state index in [2.05, 4.69) is 11.6 Å². The third-order valence-corrected chi connectivity index (χ3v) is 4.91. The van der Waals surface area contributed by atoms with Crippen molar-refractivity contribution in [3.63, 3.8) is 0 Å². The first-order chi connectivity index (χ1) is 9.11. The van der Waals surface area contributed by atoms with Crippen molar-refractivity contribution in [1.82, 2.24) is 0 Å². The van der Waals surface area contributed by atoms with Crippen LogP contribution < -0.4 is 5.32 Å². The lowest BCUT2D eigenvalue weighted by Crippen LogP contribution is -2.28. The van der Waals surface area contributed by atoms with Crippen LogP contribution in [0.1, 0.15) is 25.7 Å². The number of thioether (sulfide) groups is 1. The molecule has 0 spiro atoms. The van der Waals surface area contributed by atoms with E-state index in [1.165, 1.54) is 12.5 Å².